The fourth-order valence-electron chi connectivity index (χ4n) is 1.14. The lowest BCUT2D eigenvalue weighted by Gasteiger charge is -2.10. The van der Waals surface area contributed by atoms with E-state index < -0.39 is 5.91 Å². The van der Waals surface area contributed by atoms with E-state index in [0.29, 0.717) is 17.1 Å². The first-order valence-electron chi connectivity index (χ1n) is 4.71. The van der Waals surface area contributed by atoms with Gasteiger partial charge in [0.2, 0.25) is 5.91 Å². The number of carbonyl (C=O) groups excluding carboxylic acids is 2. The van der Waals surface area contributed by atoms with E-state index in [1.54, 1.807) is 18.2 Å². The second kappa shape index (κ2) is 5.75. The van der Waals surface area contributed by atoms with E-state index in [1.807, 2.05) is 0 Å². The average molecular weight is 223 g/mol. The van der Waals surface area contributed by atoms with Crippen molar-refractivity contribution < 1.29 is 19.1 Å². The van der Waals surface area contributed by atoms with Crippen molar-refractivity contribution in [1.82, 2.24) is 0 Å². The number of nitrogens with two attached hydrogens (primary N) is 1. The molecule has 0 saturated heterocycles. The largest absolute Gasteiger partial charge is 0.493 e. The number of methoxy groups -OCH3 is 1. The molecule has 5 nitrogen and oxygen atoms in total. The Bertz CT molecular complexity index is 390. The zero-order valence-electron chi connectivity index (χ0n) is 8.93. The van der Waals surface area contributed by atoms with Crippen molar-refractivity contribution in [3.8, 4) is 11.5 Å². The molecule has 0 fully saturated rings. The average Bonchev–Trinajstić information content (AvgIpc) is 2.29. The first-order chi connectivity index (χ1) is 7.67. The molecule has 1 rings (SSSR count). The van der Waals surface area contributed by atoms with Gasteiger partial charge in [-0.05, 0) is 18.2 Å². The molecule has 16 heavy (non-hydrogen) atoms. The molecule has 0 aromatic heterocycles. The Morgan fingerprint density at radius 2 is 2.19 bits per heavy atom. The summed E-state index contributed by atoms with van der Waals surface area (Å²) in [6, 6.07) is 4.78. The fraction of sp³-hybridized carbons (Fsp3) is 0.273. The molecule has 1 aromatic rings. The summed E-state index contributed by atoms with van der Waals surface area (Å²) >= 11 is 0. The number of aldehydes is 1. The van der Waals surface area contributed by atoms with Gasteiger partial charge in [-0.25, -0.2) is 0 Å². The summed E-state index contributed by atoms with van der Waals surface area (Å²) in [4.78, 5) is 21.0. The molecular weight excluding hydrogens is 210 g/mol. The number of ether oxygens (including phenoxy) is 2. The van der Waals surface area contributed by atoms with Crippen LogP contribution in [0.1, 0.15) is 16.8 Å². The van der Waals surface area contributed by atoms with Gasteiger partial charge in [0.25, 0.3) is 0 Å². The molecular formula is C11H13NO4. The highest BCUT2D eigenvalue weighted by atomic mass is 16.5. The predicted molar refractivity (Wildman–Crippen MR) is 57.7 cm³/mol. The standard InChI is InChI=1S/C11H13NO4/c1-15-10-6-8(7-13)2-3-9(10)16-5-4-11(12)14/h2-3,6-7H,4-5H2,1H3,(H2,12,14). The highest BCUT2D eigenvalue weighted by Crippen LogP contribution is 2.27. The lowest BCUT2D eigenvalue weighted by molar-refractivity contribution is -0.118. The van der Waals surface area contributed by atoms with Gasteiger partial charge >= 0.3 is 0 Å². The molecule has 0 atom stereocenters. The van der Waals surface area contributed by atoms with Crippen molar-refractivity contribution in [2.75, 3.05) is 13.7 Å². The zero-order chi connectivity index (χ0) is 12.0. The number of carbonyl (C=O) groups is 2. The van der Waals surface area contributed by atoms with Crippen LogP contribution in [-0.2, 0) is 4.79 Å². The third-order valence-electron chi connectivity index (χ3n) is 1.93. The summed E-state index contributed by atoms with van der Waals surface area (Å²) in [7, 11) is 1.48. The fourth-order valence-corrected chi connectivity index (χ4v) is 1.14. The SMILES string of the molecule is COc1cc(C=O)ccc1OCCC(N)=O. The molecule has 0 aliphatic carbocycles. The van der Waals surface area contributed by atoms with Crippen LogP contribution in [0.4, 0.5) is 0 Å². The molecule has 2 N–H and O–H groups in total. The van der Waals surface area contributed by atoms with Gasteiger partial charge in [-0.2, -0.15) is 0 Å². The quantitative estimate of drug-likeness (QED) is 0.722. The summed E-state index contributed by atoms with van der Waals surface area (Å²) in [5.74, 6) is 0.506. The highest BCUT2D eigenvalue weighted by Gasteiger charge is 2.05. The van der Waals surface area contributed by atoms with Crippen LogP contribution in [0.5, 0.6) is 11.5 Å². The predicted octanol–water partition coefficient (Wildman–Crippen LogP) is 0.762. The summed E-state index contributed by atoms with van der Waals surface area (Å²) < 4.78 is 10.3. The lowest BCUT2D eigenvalue weighted by Crippen LogP contribution is -2.14. The topological polar surface area (TPSA) is 78.6 Å². The van der Waals surface area contributed by atoms with Gasteiger partial charge in [-0.3, -0.25) is 9.59 Å². The lowest BCUT2D eigenvalue weighted by atomic mass is 10.2. The molecule has 5 heteroatoms. The van der Waals surface area contributed by atoms with E-state index in [0.717, 1.165) is 6.29 Å². The number of hydrogen-bond donors (Lipinski definition) is 1. The van der Waals surface area contributed by atoms with Crippen LogP contribution in [0.3, 0.4) is 0 Å². The number of amides is 1. The van der Waals surface area contributed by atoms with Gasteiger partial charge in [0.1, 0.15) is 6.29 Å². The number of primary amides is 1. The van der Waals surface area contributed by atoms with E-state index in [9.17, 15) is 9.59 Å². The smallest absolute Gasteiger partial charge is 0.220 e. The Labute approximate surface area is 93.1 Å². The van der Waals surface area contributed by atoms with Gasteiger partial charge < -0.3 is 15.2 Å². The van der Waals surface area contributed by atoms with Gasteiger partial charge in [0, 0.05) is 5.56 Å². The third kappa shape index (κ3) is 3.27. The monoisotopic (exact) mass is 223 g/mol. The molecule has 0 saturated carbocycles. The molecule has 0 aliphatic rings. The van der Waals surface area contributed by atoms with Crippen molar-refractivity contribution >= 4 is 12.2 Å². The maximum atomic E-state index is 10.5. The van der Waals surface area contributed by atoms with Gasteiger partial charge in [-0.1, -0.05) is 0 Å². The molecule has 0 aliphatic heterocycles. The Balaban J connectivity index is 2.71. The number of rotatable bonds is 6. The first kappa shape index (κ1) is 12.0. The molecule has 0 radical (unpaired) electrons. The summed E-state index contributed by atoms with van der Waals surface area (Å²) in [6.45, 7) is 0.187. The van der Waals surface area contributed by atoms with E-state index in [-0.39, 0.29) is 13.0 Å². The second-order valence-electron chi connectivity index (χ2n) is 3.09. The van der Waals surface area contributed by atoms with Gasteiger partial charge in [0.15, 0.2) is 11.5 Å². The Hall–Kier alpha value is -2.04. The van der Waals surface area contributed by atoms with Crippen LogP contribution in [-0.4, -0.2) is 25.9 Å². The highest BCUT2D eigenvalue weighted by molar-refractivity contribution is 5.76. The number of benzene rings is 1. The summed E-state index contributed by atoms with van der Waals surface area (Å²) in [5.41, 5.74) is 5.48. The Morgan fingerprint density at radius 3 is 2.75 bits per heavy atom. The zero-order valence-corrected chi connectivity index (χ0v) is 8.93. The molecule has 1 aromatic carbocycles. The molecule has 0 heterocycles. The van der Waals surface area contributed by atoms with Crippen LogP contribution in [0, 0.1) is 0 Å². The molecule has 0 spiro atoms. The maximum Gasteiger partial charge on any atom is 0.220 e. The van der Waals surface area contributed by atoms with Crippen molar-refractivity contribution in [2.24, 2.45) is 5.73 Å². The van der Waals surface area contributed by atoms with E-state index in [4.69, 9.17) is 15.2 Å². The normalized spacial score (nSPS) is 9.56. The van der Waals surface area contributed by atoms with E-state index in [2.05, 4.69) is 0 Å². The molecule has 86 valence electrons. The van der Waals surface area contributed by atoms with Gasteiger partial charge in [0.05, 0.1) is 20.1 Å². The maximum absolute atomic E-state index is 10.5. The molecule has 1 amide bonds. The van der Waals surface area contributed by atoms with Crippen molar-refractivity contribution in [3.05, 3.63) is 23.8 Å². The van der Waals surface area contributed by atoms with Crippen LogP contribution in [0.15, 0.2) is 18.2 Å². The van der Waals surface area contributed by atoms with Crippen LogP contribution < -0.4 is 15.2 Å². The third-order valence-corrected chi connectivity index (χ3v) is 1.93. The van der Waals surface area contributed by atoms with Crippen LogP contribution in [0.2, 0.25) is 0 Å². The summed E-state index contributed by atoms with van der Waals surface area (Å²) in [5, 5.41) is 0. The minimum atomic E-state index is -0.427. The molecule has 0 unspecified atom stereocenters. The second-order valence-corrected chi connectivity index (χ2v) is 3.09. The van der Waals surface area contributed by atoms with Crippen LogP contribution >= 0.6 is 0 Å². The van der Waals surface area contributed by atoms with E-state index in [1.165, 1.54) is 7.11 Å². The first-order valence-corrected chi connectivity index (χ1v) is 4.71. The minimum Gasteiger partial charge on any atom is -0.493 e. The van der Waals surface area contributed by atoms with Crippen molar-refractivity contribution in [2.45, 2.75) is 6.42 Å². The Morgan fingerprint density at radius 1 is 1.44 bits per heavy atom. The van der Waals surface area contributed by atoms with Gasteiger partial charge in [-0.15, -0.1) is 0 Å². The number of hydrogen-bond acceptors (Lipinski definition) is 4. The molecule has 0 bridgehead atoms. The summed E-state index contributed by atoms with van der Waals surface area (Å²) in [6.07, 6.45) is 0.855. The van der Waals surface area contributed by atoms with E-state index >= 15 is 0 Å². The van der Waals surface area contributed by atoms with Crippen molar-refractivity contribution in [1.29, 1.82) is 0 Å². The van der Waals surface area contributed by atoms with Crippen molar-refractivity contribution in [3.63, 3.8) is 0 Å². The Kier molecular flexibility index (Phi) is 4.32. The van der Waals surface area contributed by atoms with Crippen LogP contribution in [0.25, 0.3) is 0 Å². The minimum absolute atomic E-state index is 0.137.